The molecule has 0 fully saturated rings. The van der Waals surface area contributed by atoms with Crippen molar-refractivity contribution in [2.75, 3.05) is 6.61 Å². The maximum absolute atomic E-state index is 10.1. The Hall–Kier alpha value is -2.09. The lowest BCUT2D eigenvalue weighted by Gasteiger charge is -2.12. The maximum atomic E-state index is 10.1. The molecule has 2 heteroatoms. The van der Waals surface area contributed by atoms with Crippen molar-refractivity contribution in [3.8, 4) is 5.75 Å². The van der Waals surface area contributed by atoms with Gasteiger partial charge in [-0.25, -0.2) is 0 Å². The number of ether oxygens (including phenoxy) is 1. The summed E-state index contributed by atoms with van der Waals surface area (Å²) in [6.07, 6.45) is 2.70. The smallest absolute Gasteiger partial charge is 0.239 e. The first-order valence-electron chi connectivity index (χ1n) is 6.41. The van der Waals surface area contributed by atoms with Crippen LogP contribution in [0.2, 0.25) is 0 Å². The lowest BCUT2D eigenvalue weighted by Crippen LogP contribution is -2.00. The third kappa shape index (κ3) is 3.95. The molecule has 0 spiro atoms. The molecule has 0 bridgehead atoms. The summed E-state index contributed by atoms with van der Waals surface area (Å²) >= 11 is 0. The van der Waals surface area contributed by atoms with Crippen molar-refractivity contribution in [3.05, 3.63) is 65.7 Å². The largest absolute Gasteiger partial charge is 0.485 e. The second-order valence-corrected chi connectivity index (χ2v) is 4.59. The summed E-state index contributed by atoms with van der Waals surface area (Å²) in [7, 11) is 0. The Balaban J connectivity index is 1.97. The molecular formula is C17H17O2. The SMILES string of the molecule is CC(Cc1ccc(OC[C]=O)cc1)c1ccccc1. The molecule has 2 aromatic carbocycles. The fourth-order valence-corrected chi connectivity index (χ4v) is 2.09. The molecule has 2 nitrogen and oxygen atoms in total. The van der Waals surface area contributed by atoms with E-state index in [1.165, 1.54) is 11.1 Å². The molecule has 0 aliphatic rings. The summed E-state index contributed by atoms with van der Waals surface area (Å²) in [5, 5.41) is 0. The van der Waals surface area contributed by atoms with Crippen LogP contribution < -0.4 is 4.74 Å². The monoisotopic (exact) mass is 253 g/mol. The Morgan fingerprint density at radius 3 is 2.37 bits per heavy atom. The van der Waals surface area contributed by atoms with E-state index in [1.54, 1.807) is 6.29 Å². The van der Waals surface area contributed by atoms with E-state index < -0.39 is 0 Å². The van der Waals surface area contributed by atoms with Gasteiger partial charge in [0.2, 0.25) is 6.29 Å². The summed E-state index contributed by atoms with van der Waals surface area (Å²) in [5.41, 5.74) is 2.61. The third-order valence-corrected chi connectivity index (χ3v) is 3.13. The summed E-state index contributed by atoms with van der Waals surface area (Å²) in [5.74, 6) is 1.19. The van der Waals surface area contributed by atoms with Crippen LogP contribution in [0, 0.1) is 0 Å². The summed E-state index contributed by atoms with van der Waals surface area (Å²) in [6.45, 7) is 2.21. The van der Waals surface area contributed by atoms with Gasteiger partial charge in [0.1, 0.15) is 5.75 Å². The summed E-state index contributed by atoms with van der Waals surface area (Å²) in [4.78, 5) is 10.1. The van der Waals surface area contributed by atoms with Gasteiger partial charge in [-0.15, -0.1) is 0 Å². The van der Waals surface area contributed by atoms with Gasteiger partial charge in [-0.1, -0.05) is 49.4 Å². The minimum absolute atomic E-state index is 0.0141. The van der Waals surface area contributed by atoms with Crippen LogP contribution in [0.3, 0.4) is 0 Å². The minimum atomic E-state index is -0.0141. The molecule has 2 aromatic rings. The molecule has 0 aliphatic heterocycles. The van der Waals surface area contributed by atoms with E-state index in [0.29, 0.717) is 11.7 Å². The number of hydrogen-bond donors (Lipinski definition) is 0. The molecular weight excluding hydrogens is 236 g/mol. The Bertz CT molecular complexity index is 503. The molecule has 19 heavy (non-hydrogen) atoms. The second-order valence-electron chi connectivity index (χ2n) is 4.59. The molecule has 2 rings (SSSR count). The van der Waals surface area contributed by atoms with Crippen molar-refractivity contribution in [3.63, 3.8) is 0 Å². The Morgan fingerprint density at radius 1 is 1.05 bits per heavy atom. The first-order chi connectivity index (χ1) is 9.29. The van der Waals surface area contributed by atoms with Crippen LogP contribution in [0.1, 0.15) is 24.0 Å². The molecule has 0 aliphatic carbocycles. The molecule has 1 atom stereocenters. The van der Waals surface area contributed by atoms with Gasteiger partial charge in [0.25, 0.3) is 0 Å². The van der Waals surface area contributed by atoms with E-state index in [4.69, 9.17) is 4.74 Å². The second kappa shape index (κ2) is 6.74. The number of benzene rings is 2. The van der Waals surface area contributed by atoms with Crippen LogP contribution in [-0.2, 0) is 11.2 Å². The van der Waals surface area contributed by atoms with Gasteiger partial charge >= 0.3 is 0 Å². The van der Waals surface area contributed by atoms with Crippen LogP contribution in [-0.4, -0.2) is 12.9 Å². The quantitative estimate of drug-likeness (QED) is 0.787. The fourth-order valence-electron chi connectivity index (χ4n) is 2.09. The van der Waals surface area contributed by atoms with Crippen molar-refractivity contribution in [1.82, 2.24) is 0 Å². The van der Waals surface area contributed by atoms with Gasteiger partial charge in [0.15, 0.2) is 6.61 Å². The fraction of sp³-hybridized carbons (Fsp3) is 0.235. The topological polar surface area (TPSA) is 26.3 Å². The van der Waals surface area contributed by atoms with Gasteiger partial charge in [-0.2, -0.15) is 0 Å². The minimum Gasteiger partial charge on any atom is -0.485 e. The Kier molecular flexibility index (Phi) is 4.73. The van der Waals surface area contributed by atoms with E-state index in [-0.39, 0.29) is 6.61 Å². The van der Waals surface area contributed by atoms with E-state index in [0.717, 1.165) is 6.42 Å². The van der Waals surface area contributed by atoms with Crippen LogP contribution in [0.4, 0.5) is 0 Å². The zero-order valence-corrected chi connectivity index (χ0v) is 11.0. The highest BCUT2D eigenvalue weighted by atomic mass is 16.5. The van der Waals surface area contributed by atoms with E-state index in [2.05, 4.69) is 31.2 Å². The predicted molar refractivity (Wildman–Crippen MR) is 76.2 cm³/mol. The van der Waals surface area contributed by atoms with Crippen LogP contribution in [0.25, 0.3) is 0 Å². The van der Waals surface area contributed by atoms with E-state index >= 15 is 0 Å². The van der Waals surface area contributed by atoms with Gasteiger partial charge in [-0.05, 0) is 35.6 Å². The Morgan fingerprint density at radius 2 is 1.74 bits per heavy atom. The highest BCUT2D eigenvalue weighted by molar-refractivity contribution is 5.52. The summed E-state index contributed by atoms with van der Waals surface area (Å²) in [6, 6.07) is 18.3. The molecule has 0 saturated carbocycles. The van der Waals surface area contributed by atoms with Gasteiger partial charge in [0, 0.05) is 0 Å². The normalized spacial score (nSPS) is 11.8. The average Bonchev–Trinajstić information content (AvgIpc) is 2.47. The molecule has 1 unspecified atom stereocenters. The standard InChI is InChI=1S/C17H17O2/c1-14(16-5-3-2-4-6-16)13-15-7-9-17(10-8-15)19-12-11-18/h2-10,14H,12-13H2,1H3. The van der Waals surface area contributed by atoms with Crippen molar-refractivity contribution < 1.29 is 9.53 Å². The van der Waals surface area contributed by atoms with Crippen molar-refractivity contribution in [2.45, 2.75) is 19.3 Å². The molecule has 0 aromatic heterocycles. The van der Waals surface area contributed by atoms with Gasteiger partial charge in [-0.3, -0.25) is 4.79 Å². The van der Waals surface area contributed by atoms with Crippen LogP contribution >= 0.6 is 0 Å². The molecule has 97 valence electrons. The molecule has 0 N–H and O–H groups in total. The first-order valence-corrected chi connectivity index (χ1v) is 6.41. The number of hydrogen-bond acceptors (Lipinski definition) is 2. The van der Waals surface area contributed by atoms with Crippen LogP contribution in [0.15, 0.2) is 54.6 Å². The molecule has 0 heterocycles. The lowest BCUT2D eigenvalue weighted by molar-refractivity contribution is 0.365. The highest BCUT2D eigenvalue weighted by Crippen LogP contribution is 2.21. The van der Waals surface area contributed by atoms with Crippen molar-refractivity contribution in [1.29, 1.82) is 0 Å². The first kappa shape index (κ1) is 13.3. The third-order valence-electron chi connectivity index (χ3n) is 3.13. The van der Waals surface area contributed by atoms with Gasteiger partial charge in [0.05, 0.1) is 0 Å². The number of carbonyl (C=O) groups excluding carboxylic acids is 1. The average molecular weight is 253 g/mol. The van der Waals surface area contributed by atoms with Crippen molar-refractivity contribution >= 4 is 6.29 Å². The lowest BCUT2D eigenvalue weighted by atomic mass is 9.94. The molecule has 0 saturated heterocycles. The van der Waals surface area contributed by atoms with E-state index in [1.807, 2.05) is 30.3 Å². The molecule has 1 radical (unpaired) electrons. The van der Waals surface area contributed by atoms with E-state index in [9.17, 15) is 4.79 Å². The summed E-state index contributed by atoms with van der Waals surface area (Å²) < 4.78 is 5.18. The van der Waals surface area contributed by atoms with Gasteiger partial charge < -0.3 is 4.74 Å². The predicted octanol–water partition coefficient (Wildman–Crippen LogP) is 3.52. The van der Waals surface area contributed by atoms with Crippen LogP contribution in [0.5, 0.6) is 5.75 Å². The molecule has 0 amide bonds. The maximum Gasteiger partial charge on any atom is 0.239 e. The zero-order chi connectivity index (χ0) is 13.5. The van der Waals surface area contributed by atoms with Crippen molar-refractivity contribution in [2.24, 2.45) is 0 Å². The highest BCUT2D eigenvalue weighted by Gasteiger charge is 2.06. The zero-order valence-electron chi connectivity index (χ0n) is 11.0. The Labute approximate surface area is 114 Å². The number of rotatable bonds is 6.